The first-order valence-corrected chi connectivity index (χ1v) is 7.30. The van der Waals surface area contributed by atoms with Gasteiger partial charge in [0.1, 0.15) is 5.75 Å². The number of hydrogen-bond donors (Lipinski definition) is 0. The molecular formula is C19H22O2. The lowest BCUT2D eigenvalue weighted by Gasteiger charge is -2.25. The van der Waals surface area contributed by atoms with Gasteiger partial charge in [-0.05, 0) is 45.4 Å². The van der Waals surface area contributed by atoms with Crippen LogP contribution in [-0.2, 0) is 5.41 Å². The van der Waals surface area contributed by atoms with Gasteiger partial charge in [0.25, 0.3) is 0 Å². The van der Waals surface area contributed by atoms with Crippen LogP contribution in [0.4, 0.5) is 0 Å². The topological polar surface area (TPSA) is 26.3 Å². The number of aryl methyl sites for hydroxylation is 1. The summed E-state index contributed by atoms with van der Waals surface area (Å²) >= 11 is 0. The van der Waals surface area contributed by atoms with E-state index in [-0.39, 0.29) is 5.78 Å². The van der Waals surface area contributed by atoms with Gasteiger partial charge in [-0.25, -0.2) is 0 Å². The van der Waals surface area contributed by atoms with E-state index < -0.39 is 5.41 Å². The van der Waals surface area contributed by atoms with Crippen molar-refractivity contribution in [3.05, 3.63) is 65.2 Å². The summed E-state index contributed by atoms with van der Waals surface area (Å²) in [6, 6.07) is 15.6. The van der Waals surface area contributed by atoms with Gasteiger partial charge in [0.2, 0.25) is 0 Å². The van der Waals surface area contributed by atoms with Gasteiger partial charge in [-0.2, -0.15) is 0 Å². The molecule has 0 aliphatic heterocycles. The molecule has 2 heteroatoms. The quantitative estimate of drug-likeness (QED) is 0.752. The normalized spacial score (nSPS) is 11.2. The van der Waals surface area contributed by atoms with Crippen molar-refractivity contribution in [3.63, 3.8) is 0 Å². The van der Waals surface area contributed by atoms with Crippen molar-refractivity contribution in [2.75, 3.05) is 6.61 Å². The van der Waals surface area contributed by atoms with Crippen molar-refractivity contribution in [2.24, 2.45) is 0 Å². The summed E-state index contributed by atoms with van der Waals surface area (Å²) < 4.78 is 5.62. The lowest BCUT2D eigenvalue weighted by atomic mass is 9.77. The molecule has 0 heterocycles. The molecule has 110 valence electrons. The molecule has 0 N–H and O–H groups in total. The van der Waals surface area contributed by atoms with E-state index in [1.807, 2.05) is 76.2 Å². The minimum absolute atomic E-state index is 0.0841. The fourth-order valence-electron chi connectivity index (χ4n) is 2.43. The van der Waals surface area contributed by atoms with Gasteiger partial charge in [-0.1, -0.05) is 42.0 Å². The Morgan fingerprint density at radius 2 is 1.76 bits per heavy atom. The summed E-state index contributed by atoms with van der Waals surface area (Å²) in [5, 5.41) is 0. The van der Waals surface area contributed by atoms with Crippen LogP contribution in [-0.4, -0.2) is 12.4 Å². The maximum atomic E-state index is 13.0. The second kappa shape index (κ2) is 6.13. The summed E-state index contributed by atoms with van der Waals surface area (Å²) in [4.78, 5) is 13.0. The van der Waals surface area contributed by atoms with Crippen molar-refractivity contribution in [2.45, 2.75) is 33.1 Å². The number of ketones is 1. The number of carbonyl (C=O) groups is 1. The standard InChI is InChI=1S/C19H22O2/c1-5-21-17-12-11-14(2)13-16(17)18(20)19(3,4)15-9-7-6-8-10-15/h6-13H,5H2,1-4H3. The molecule has 0 fully saturated rings. The Kier molecular flexibility index (Phi) is 4.46. The minimum Gasteiger partial charge on any atom is -0.493 e. The van der Waals surface area contributed by atoms with Crippen LogP contribution in [0.2, 0.25) is 0 Å². The molecule has 2 rings (SSSR count). The van der Waals surface area contributed by atoms with E-state index >= 15 is 0 Å². The zero-order valence-electron chi connectivity index (χ0n) is 13.1. The zero-order valence-corrected chi connectivity index (χ0v) is 13.1. The Hall–Kier alpha value is -2.09. The molecule has 2 aromatic carbocycles. The summed E-state index contributed by atoms with van der Waals surface area (Å²) in [7, 11) is 0. The van der Waals surface area contributed by atoms with E-state index in [2.05, 4.69) is 0 Å². The monoisotopic (exact) mass is 282 g/mol. The van der Waals surface area contributed by atoms with Crippen LogP contribution in [0.1, 0.15) is 42.3 Å². The van der Waals surface area contributed by atoms with Crippen molar-refractivity contribution < 1.29 is 9.53 Å². The van der Waals surface area contributed by atoms with Gasteiger partial charge in [0, 0.05) is 0 Å². The van der Waals surface area contributed by atoms with Crippen molar-refractivity contribution in [1.82, 2.24) is 0 Å². The molecular weight excluding hydrogens is 260 g/mol. The van der Waals surface area contributed by atoms with Gasteiger partial charge in [0.15, 0.2) is 5.78 Å². The fourth-order valence-corrected chi connectivity index (χ4v) is 2.43. The van der Waals surface area contributed by atoms with Crippen LogP contribution in [0, 0.1) is 6.92 Å². The Morgan fingerprint density at radius 1 is 1.10 bits per heavy atom. The van der Waals surface area contributed by atoms with Gasteiger partial charge in [-0.15, -0.1) is 0 Å². The molecule has 0 aliphatic rings. The molecule has 0 aromatic heterocycles. The molecule has 0 spiro atoms. The maximum Gasteiger partial charge on any atom is 0.176 e. The highest BCUT2D eigenvalue weighted by Gasteiger charge is 2.32. The largest absolute Gasteiger partial charge is 0.493 e. The van der Waals surface area contributed by atoms with Crippen molar-refractivity contribution in [1.29, 1.82) is 0 Å². The Labute approximate surface area is 126 Å². The first-order chi connectivity index (χ1) is 9.96. The molecule has 0 atom stereocenters. The molecule has 0 saturated heterocycles. The summed E-state index contributed by atoms with van der Waals surface area (Å²) in [5.74, 6) is 0.748. The number of benzene rings is 2. The Balaban J connectivity index is 2.46. The first kappa shape index (κ1) is 15.3. The molecule has 0 saturated carbocycles. The second-order valence-electron chi connectivity index (χ2n) is 5.75. The van der Waals surface area contributed by atoms with E-state index in [1.165, 1.54) is 0 Å². The molecule has 0 radical (unpaired) electrons. The number of rotatable bonds is 5. The van der Waals surface area contributed by atoms with Crippen LogP contribution in [0.5, 0.6) is 5.75 Å². The molecule has 2 nitrogen and oxygen atoms in total. The molecule has 2 aromatic rings. The van der Waals surface area contributed by atoms with Crippen molar-refractivity contribution >= 4 is 5.78 Å². The fraction of sp³-hybridized carbons (Fsp3) is 0.316. The lowest BCUT2D eigenvalue weighted by molar-refractivity contribution is 0.0904. The average molecular weight is 282 g/mol. The van der Waals surface area contributed by atoms with Gasteiger partial charge in [-0.3, -0.25) is 4.79 Å². The average Bonchev–Trinajstić information content (AvgIpc) is 2.49. The molecule has 0 unspecified atom stereocenters. The predicted molar refractivity (Wildman–Crippen MR) is 86.1 cm³/mol. The van der Waals surface area contributed by atoms with E-state index in [0.717, 1.165) is 11.1 Å². The summed E-state index contributed by atoms with van der Waals surface area (Å²) in [6.45, 7) is 8.39. The molecule has 21 heavy (non-hydrogen) atoms. The number of carbonyl (C=O) groups excluding carboxylic acids is 1. The molecule has 0 bridgehead atoms. The number of Topliss-reactive ketones (excluding diaryl/α,β-unsaturated/α-hetero) is 1. The van der Waals surface area contributed by atoms with E-state index in [4.69, 9.17) is 4.74 Å². The minimum atomic E-state index is -0.582. The highest BCUT2D eigenvalue weighted by Crippen LogP contribution is 2.32. The Morgan fingerprint density at radius 3 is 2.38 bits per heavy atom. The third kappa shape index (κ3) is 3.15. The highest BCUT2D eigenvalue weighted by molar-refractivity contribution is 6.05. The lowest BCUT2D eigenvalue weighted by Crippen LogP contribution is -2.29. The summed E-state index contributed by atoms with van der Waals surface area (Å²) in [6.07, 6.45) is 0. The Bertz CT molecular complexity index is 627. The summed E-state index contributed by atoms with van der Waals surface area (Å²) in [5.41, 5.74) is 2.15. The molecule has 0 amide bonds. The third-order valence-electron chi connectivity index (χ3n) is 3.74. The highest BCUT2D eigenvalue weighted by atomic mass is 16.5. The van der Waals surface area contributed by atoms with Gasteiger partial charge < -0.3 is 4.74 Å². The maximum absolute atomic E-state index is 13.0. The van der Waals surface area contributed by atoms with Crippen LogP contribution < -0.4 is 4.74 Å². The van der Waals surface area contributed by atoms with Crippen LogP contribution in [0.3, 0.4) is 0 Å². The second-order valence-corrected chi connectivity index (χ2v) is 5.75. The third-order valence-corrected chi connectivity index (χ3v) is 3.74. The first-order valence-electron chi connectivity index (χ1n) is 7.30. The van der Waals surface area contributed by atoms with Crippen LogP contribution in [0.25, 0.3) is 0 Å². The number of ether oxygens (including phenoxy) is 1. The number of hydrogen-bond acceptors (Lipinski definition) is 2. The van der Waals surface area contributed by atoms with E-state index in [1.54, 1.807) is 0 Å². The van der Waals surface area contributed by atoms with Gasteiger partial charge >= 0.3 is 0 Å². The molecule has 0 aliphatic carbocycles. The van der Waals surface area contributed by atoms with Crippen LogP contribution >= 0.6 is 0 Å². The van der Waals surface area contributed by atoms with E-state index in [9.17, 15) is 4.79 Å². The van der Waals surface area contributed by atoms with Gasteiger partial charge in [0.05, 0.1) is 17.6 Å². The SMILES string of the molecule is CCOc1ccc(C)cc1C(=O)C(C)(C)c1ccccc1. The zero-order chi connectivity index (χ0) is 15.5. The predicted octanol–water partition coefficient (Wildman–Crippen LogP) is 4.55. The van der Waals surface area contributed by atoms with Crippen molar-refractivity contribution in [3.8, 4) is 5.75 Å². The van der Waals surface area contributed by atoms with E-state index in [0.29, 0.717) is 17.9 Å². The smallest absolute Gasteiger partial charge is 0.176 e. The van der Waals surface area contributed by atoms with Crippen LogP contribution in [0.15, 0.2) is 48.5 Å².